The lowest BCUT2D eigenvalue weighted by molar-refractivity contribution is -0.137. The van der Waals surface area contributed by atoms with Gasteiger partial charge in [0.15, 0.2) is 0 Å². The third-order valence-corrected chi connectivity index (χ3v) is 3.35. The molecule has 2 nitrogen and oxygen atoms in total. The molecule has 2 atom stereocenters. The molecule has 0 saturated heterocycles. The summed E-state index contributed by atoms with van der Waals surface area (Å²) in [6.07, 6.45) is 5.77. The highest BCUT2D eigenvalue weighted by atomic mass is 19.4. The molecule has 1 aliphatic heterocycles. The number of halogens is 3. The summed E-state index contributed by atoms with van der Waals surface area (Å²) in [5.41, 5.74) is -0.484. The van der Waals surface area contributed by atoms with E-state index in [2.05, 4.69) is 4.99 Å². The maximum absolute atomic E-state index is 12.6. The van der Waals surface area contributed by atoms with E-state index in [1.165, 1.54) is 6.07 Å². The first-order valence-electron chi connectivity index (χ1n) is 6.29. The van der Waals surface area contributed by atoms with Crippen molar-refractivity contribution in [2.45, 2.75) is 18.7 Å². The van der Waals surface area contributed by atoms with Crippen LogP contribution < -0.4 is 4.74 Å². The Balaban J connectivity index is 1.83. The third kappa shape index (κ3) is 2.48. The van der Waals surface area contributed by atoms with E-state index in [1.807, 2.05) is 24.3 Å². The van der Waals surface area contributed by atoms with Gasteiger partial charge in [-0.3, -0.25) is 4.99 Å². The summed E-state index contributed by atoms with van der Waals surface area (Å²) >= 11 is 0. The van der Waals surface area contributed by atoms with Gasteiger partial charge in [0.2, 0.25) is 0 Å². The average molecular weight is 279 g/mol. The Bertz CT molecular complexity index is 602. The lowest BCUT2D eigenvalue weighted by Crippen LogP contribution is -2.29. The largest absolute Gasteiger partial charge is 0.482 e. The van der Waals surface area contributed by atoms with Crippen molar-refractivity contribution in [1.82, 2.24) is 0 Å². The Labute approximate surface area is 114 Å². The second kappa shape index (κ2) is 4.81. The molecule has 104 valence electrons. The number of hydrogen-bond acceptors (Lipinski definition) is 2. The number of allylic oxidation sites excluding steroid dienone is 3. The fraction of sp³-hybridized carbons (Fsp3) is 0.267. The second-order valence-electron chi connectivity index (χ2n) is 4.75. The van der Waals surface area contributed by atoms with Gasteiger partial charge in [0.25, 0.3) is 0 Å². The number of benzene rings is 1. The summed E-state index contributed by atoms with van der Waals surface area (Å²) in [4.78, 5) is 4.12. The molecule has 1 aromatic rings. The molecule has 2 unspecified atom stereocenters. The molecule has 0 N–H and O–H groups in total. The van der Waals surface area contributed by atoms with Crippen LogP contribution in [-0.4, -0.2) is 12.3 Å². The minimum Gasteiger partial charge on any atom is -0.482 e. The number of fused-ring (bicyclic) bond motifs is 1. The number of hydrogen-bond donors (Lipinski definition) is 0. The van der Waals surface area contributed by atoms with Crippen LogP contribution in [0.4, 0.5) is 18.9 Å². The first kappa shape index (κ1) is 13.0. The van der Waals surface area contributed by atoms with E-state index in [-0.39, 0.29) is 17.7 Å². The molecular formula is C15H12F3NO. The Morgan fingerprint density at radius 3 is 2.75 bits per heavy atom. The molecule has 0 spiro atoms. The van der Waals surface area contributed by atoms with E-state index < -0.39 is 11.7 Å². The van der Waals surface area contributed by atoms with Gasteiger partial charge in [-0.05, 0) is 24.6 Å². The van der Waals surface area contributed by atoms with Gasteiger partial charge in [-0.1, -0.05) is 24.3 Å². The van der Waals surface area contributed by atoms with E-state index in [1.54, 1.807) is 6.21 Å². The number of aliphatic imine (C=N–C) groups is 1. The molecule has 2 aliphatic rings. The van der Waals surface area contributed by atoms with Crippen LogP contribution in [0.2, 0.25) is 0 Å². The SMILES string of the molecule is FC(F)(F)c1ccc2c(c1)N=CC(C1C=CC=CC1)O2. The molecule has 20 heavy (non-hydrogen) atoms. The average Bonchev–Trinajstić information content (AvgIpc) is 2.46. The minimum absolute atomic E-state index is 0.166. The molecule has 1 aromatic carbocycles. The molecule has 0 amide bonds. The van der Waals surface area contributed by atoms with Gasteiger partial charge < -0.3 is 4.74 Å². The van der Waals surface area contributed by atoms with Crippen LogP contribution in [0.3, 0.4) is 0 Å². The van der Waals surface area contributed by atoms with E-state index in [0.717, 1.165) is 18.6 Å². The van der Waals surface area contributed by atoms with Crippen molar-refractivity contribution < 1.29 is 17.9 Å². The van der Waals surface area contributed by atoms with Crippen molar-refractivity contribution >= 4 is 11.9 Å². The van der Waals surface area contributed by atoms with Crippen LogP contribution in [0.15, 0.2) is 47.5 Å². The second-order valence-corrected chi connectivity index (χ2v) is 4.75. The number of nitrogens with zero attached hydrogens (tertiary/aromatic N) is 1. The topological polar surface area (TPSA) is 21.6 Å². The molecule has 0 aromatic heterocycles. The maximum atomic E-state index is 12.6. The van der Waals surface area contributed by atoms with Gasteiger partial charge in [-0.25, -0.2) is 0 Å². The van der Waals surface area contributed by atoms with Gasteiger partial charge in [0.05, 0.1) is 5.56 Å². The van der Waals surface area contributed by atoms with Gasteiger partial charge in [0.1, 0.15) is 17.5 Å². The quantitative estimate of drug-likeness (QED) is 0.751. The zero-order valence-corrected chi connectivity index (χ0v) is 10.5. The monoisotopic (exact) mass is 279 g/mol. The van der Waals surface area contributed by atoms with Crippen molar-refractivity contribution in [2.75, 3.05) is 0 Å². The Hall–Kier alpha value is -2.04. The standard InChI is InChI=1S/C15H12F3NO/c16-15(17,18)11-6-7-13-12(8-11)19-9-14(20-13)10-4-2-1-3-5-10/h1-4,6-10,14H,5H2. The Morgan fingerprint density at radius 2 is 2.05 bits per heavy atom. The normalized spacial score (nSPS) is 24.4. The highest BCUT2D eigenvalue weighted by molar-refractivity contribution is 5.74. The molecule has 1 aliphatic carbocycles. The van der Waals surface area contributed by atoms with Gasteiger partial charge in [-0.2, -0.15) is 13.2 Å². The number of ether oxygens (including phenoxy) is 1. The molecule has 0 bridgehead atoms. The fourth-order valence-corrected chi connectivity index (χ4v) is 2.27. The van der Waals surface area contributed by atoms with E-state index in [0.29, 0.717) is 5.75 Å². The van der Waals surface area contributed by atoms with Crippen LogP contribution in [0.1, 0.15) is 12.0 Å². The summed E-state index contributed by atoms with van der Waals surface area (Å²) in [5.74, 6) is 0.563. The van der Waals surface area contributed by atoms with E-state index in [9.17, 15) is 13.2 Å². The summed E-state index contributed by atoms with van der Waals surface area (Å²) < 4.78 is 43.6. The Morgan fingerprint density at radius 1 is 1.20 bits per heavy atom. The maximum Gasteiger partial charge on any atom is 0.416 e. The highest BCUT2D eigenvalue weighted by Crippen LogP contribution is 2.39. The highest BCUT2D eigenvalue weighted by Gasteiger charge is 2.32. The van der Waals surface area contributed by atoms with Crippen molar-refractivity contribution in [1.29, 1.82) is 0 Å². The summed E-state index contributed by atoms with van der Waals surface area (Å²) in [6.45, 7) is 0. The lowest BCUT2D eigenvalue weighted by atomic mass is 9.94. The van der Waals surface area contributed by atoms with E-state index in [4.69, 9.17) is 4.74 Å². The van der Waals surface area contributed by atoms with Crippen LogP contribution in [-0.2, 0) is 6.18 Å². The predicted octanol–water partition coefficient (Wildman–Crippen LogP) is 4.30. The smallest absolute Gasteiger partial charge is 0.416 e. The minimum atomic E-state index is -4.36. The first-order chi connectivity index (χ1) is 9.54. The van der Waals surface area contributed by atoms with Crippen LogP contribution >= 0.6 is 0 Å². The summed E-state index contributed by atoms with van der Waals surface area (Å²) in [7, 11) is 0. The van der Waals surface area contributed by atoms with Crippen LogP contribution in [0.5, 0.6) is 5.75 Å². The van der Waals surface area contributed by atoms with Crippen molar-refractivity contribution in [2.24, 2.45) is 10.9 Å². The zero-order valence-electron chi connectivity index (χ0n) is 10.5. The van der Waals surface area contributed by atoms with E-state index >= 15 is 0 Å². The molecule has 1 heterocycles. The van der Waals surface area contributed by atoms with Crippen molar-refractivity contribution in [3.05, 3.63) is 48.1 Å². The fourth-order valence-electron chi connectivity index (χ4n) is 2.27. The van der Waals surface area contributed by atoms with Gasteiger partial charge in [-0.15, -0.1) is 0 Å². The molecule has 0 radical (unpaired) electrons. The molecule has 0 fully saturated rings. The molecule has 3 rings (SSSR count). The third-order valence-electron chi connectivity index (χ3n) is 3.35. The molecule has 5 heteroatoms. The van der Waals surface area contributed by atoms with Crippen LogP contribution in [0, 0.1) is 5.92 Å². The lowest BCUT2D eigenvalue weighted by Gasteiger charge is -2.26. The van der Waals surface area contributed by atoms with Crippen LogP contribution in [0.25, 0.3) is 0 Å². The summed E-state index contributed by atoms with van der Waals surface area (Å²) in [5, 5.41) is 0. The Kier molecular flexibility index (Phi) is 3.12. The molecular weight excluding hydrogens is 267 g/mol. The number of alkyl halides is 3. The van der Waals surface area contributed by atoms with Gasteiger partial charge >= 0.3 is 6.18 Å². The first-order valence-corrected chi connectivity index (χ1v) is 6.29. The van der Waals surface area contributed by atoms with Gasteiger partial charge in [0, 0.05) is 12.1 Å². The van der Waals surface area contributed by atoms with Crippen molar-refractivity contribution in [3.63, 3.8) is 0 Å². The predicted molar refractivity (Wildman–Crippen MR) is 70.4 cm³/mol. The zero-order chi connectivity index (χ0) is 14.2. The summed E-state index contributed by atoms with van der Waals surface area (Å²) in [6, 6.07) is 3.37. The van der Waals surface area contributed by atoms with Crippen molar-refractivity contribution in [3.8, 4) is 5.75 Å². The molecule has 0 saturated carbocycles. The number of rotatable bonds is 1.